The molecule has 2 rings (SSSR count). The molecule has 1 fully saturated rings. The molecule has 1 aliphatic heterocycles. The van der Waals surface area contributed by atoms with Gasteiger partial charge in [0.05, 0.1) is 6.61 Å². The van der Waals surface area contributed by atoms with Crippen LogP contribution in [-0.4, -0.2) is 43.3 Å². The molecule has 5 nitrogen and oxygen atoms in total. The average molecular weight is 264 g/mol. The maximum Gasteiger partial charge on any atom is 0.228 e. The Bertz CT molecular complexity index is 379. The number of hydrogen-bond acceptors (Lipinski definition) is 5. The van der Waals surface area contributed by atoms with Crippen LogP contribution in [-0.2, 0) is 0 Å². The van der Waals surface area contributed by atoms with Crippen LogP contribution in [0.2, 0.25) is 0 Å². The van der Waals surface area contributed by atoms with Gasteiger partial charge >= 0.3 is 0 Å². The van der Waals surface area contributed by atoms with Gasteiger partial charge in [0, 0.05) is 25.9 Å². The Labute approximate surface area is 115 Å². The van der Waals surface area contributed by atoms with E-state index in [2.05, 4.69) is 27.1 Å². The fourth-order valence-corrected chi connectivity index (χ4v) is 2.35. The number of nitrogens with one attached hydrogen (secondary N) is 1. The van der Waals surface area contributed by atoms with E-state index in [9.17, 15) is 0 Å². The Morgan fingerprint density at radius 2 is 2.42 bits per heavy atom. The molecule has 1 aromatic rings. The fourth-order valence-electron chi connectivity index (χ4n) is 2.35. The van der Waals surface area contributed by atoms with Crippen molar-refractivity contribution in [2.45, 2.75) is 26.2 Å². The van der Waals surface area contributed by atoms with Crippen LogP contribution in [0, 0.1) is 5.92 Å². The van der Waals surface area contributed by atoms with Gasteiger partial charge in [-0.3, -0.25) is 0 Å². The molecule has 1 aliphatic rings. The van der Waals surface area contributed by atoms with E-state index in [1.807, 2.05) is 13.1 Å². The molecule has 106 valence electrons. The number of piperidine rings is 1. The third-order valence-electron chi connectivity index (χ3n) is 3.34. The van der Waals surface area contributed by atoms with Crippen molar-refractivity contribution in [1.82, 2.24) is 15.3 Å². The first kappa shape index (κ1) is 14.1. The van der Waals surface area contributed by atoms with Crippen molar-refractivity contribution >= 4 is 5.95 Å². The lowest BCUT2D eigenvalue weighted by molar-refractivity contribution is 0.304. The number of nitrogens with zero attached hydrogens (tertiary/aromatic N) is 3. The first-order valence-corrected chi connectivity index (χ1v) is 7.17. The van der Waals surface area contributed by atoms with E-state index in [-0.39, 0.29) is 0 Å². The van der Waals surface area contributed by atoms with E-state index < -0.39 is 0 Å². The summed E-state index contributed by atoms with van der Waals surface area (Å²) in [5.74, 6) is 2.10. The second-order valence-corrected chi connectivity index (χ2v) is 5.14. The van der Waals surface area contributed by atoms with Crippen LogP contribution < -0.4 is 15.0 Å². The van der Waals surface area contributed by atoms with Gasteiger partial charge < -0.3 is 15.0 Å². The zero-order chi connectivity index (χ0) is 13.5. The molecule has 1 N–H and O–H groups in total. The predicted molar refractivity (Wildman–Crippen MR) is 76.7 cm³/mol. The van der Waals surface area contributed by atoms with Crippen molar-refractivity contribution in [3.05, 3.63) is 12.3 Å². The molecule has 0 bridgehead atoms. The summed E-state index contributed by atoms with van der Waals surface area (Å²) in [7, 11) is 2.05. The highest BCUT2D eigenvalue weighted by Crippen LogP contribution is 2.16. The lowest BCUT2D eigenvalue weighted by atomic mass is 9.99. The molecule has 1 aromatic heterocycles. The third-order valence-corrected chi connectivity index (χ3v) is 3.34. The molecule has 0 amide bonds. The van der Waals surface area contributed by atoms with Crippen LogP contribution in [0.1, 0.15) is 26.2 Å². The summed E-state index contributed by atoms with van der Waals surface area (Å²) >= 11 is 0. The average Bonchev–Trinajstić information content (AvgIpc) is 2.46. The number of anilines is 1. The number of rotatable bonds is 6. The predicted octanol–water partition coefficient (Wildman–Crippen LogP) is 1.70. The van der Waals surface area contributed by atoms with Gasteiger partial charge in [0.25, 0.3) is 0 Å². The van der Waals surface area contributed by atoms with Crippen molar-refractivity contribution in [3.8, 4) is 5.88 Å². The Morgan fingerprint density at radius 3 is 3.16 bits per heavy atom. The molecule has 0 spiro atoms. The van der Waals surface area contributed by atoms with E-state index in [0.717, 1.165) is 32.0 Å². The molecule has 2 heterocycles. The minimum Gasteiger partial charge on any atom is -0.478 e. The van der Waals surface area contributed by atoms with E-state index >= 15 is 0 Å². The molecule has 1 saturated heterocycles. The Kier molecular flexibility index (Phi) is 5.39. The standard InChI is InChI=1S/C14H24N4O/c1-3-9-19-13-6-8-16-14(17-13)18(2)11-12-5-4-7-15-10-12/h6,8,12,15H,3-5,7,9-11H2,1-2H3. The molecule has 0 radical (unpaired) electrons. The topological polar surface area (TPSA) is 50.3 Å². The second kappa shape index (κ2) is 7.28. The van der Waals surface area contributed by atoms with Gasteiger partial charge in [0.15, 0.2) is 0 Å². The highest BCUT2D eigenvalue weighted by atomic mass is 16.5. The van der Waals surface area contributed by atoms with Crippen LogP contribution in [0.3, 0.4) is 0 Å². The van der Waals surface area contributed by atoms with Crippen molar-refractivity contribution in [2.24, 2.45) is 5.92 Å². The molecule has 0 aliphatic carbocycles. The summed E-state index contributed by atoms with van der Waals surface area (Å²) in [5, 5.41) is 3.44. The normalized spacial score (nSPS) is 19.2. The molecular weight excluding hydrogens is 240 g/mol. The van der Waals surface area contributed by atoms with Crippen molar-refractivity contribution in [3.63, 3.8) is 0 Å². The van der Waals surface area contributed by atoms with Crippen LogP contribution in [0.25, 0.3) is 0 Å². The first-order valence-electron chi connectivity index (χ1n) is 7.17. The summed E-state index contributed by atoms with van der Waals surface area (Å²) < 4.78 is 5.55. The maximum atomic E-state index is 5.55. The quantitative estimate of drug-likeness (QED) is 0.847. The van der Waals surface area contributed by atoms with Gasteiger partial charge in [0.1, 0.15) is 0 Å². The van der Waals surface area contributed by atoms with Crippen molar-refractivity contribution in [2.75, 3.05) is 38.2 Å². The Balaban J connectivity index is 1.91. The zero-order valence-corrected chi connectivity index (χ0v) is 11.9. The molecule has 5 heteroatoms. The van der Waals surface area contributed by atoms with Crippen molar-refractivity contribution < 1.29 is 4.74 Å². The van der Waals surface area contributed by atoms with Gasteiger partial charge in [-0.05, 0) is 38.3 Å². The number of hydrogen-bond donors (Lipinski definition) is 1. The lowest BCUT2D eigenvalue weighted by Crippen LogP contribution is -2.37. The number of aromatic nitrogens is 2. The smallest absolute Gasteiger partial charge is 0.228 e. The summed E-state index contributed by atoms with van der Waals surface area (Å²) in [6.07, 6.45) is 5.30. The number of ether oxygens (including phenoxy) is 1. The molecular formula is C14H24N4O. The van der Waals surface area contributed by atoms with Gasteiger partial charge in [-0.1, -0.05) is 6.92 Å². The van der Waals surface area contributed by atoms with Gasteiger partial charge in [-0.25, -0.2) is 4.98 Å². The van der Waals surface area contributed by atoms with Crippen LogP contribution >= 0.6 is 0 Å². The first-order chi connectivity index (χ1) is 9.29. The minimum absolute atomic E-state index is 0.667. The van der Waals surface area contributed by atoms with Gasteiger partial charge in [-0.2, -0.15) is 4.98 Å². The summed E-state index contributed by atoms with van der Waals surface area (Å²) in [6, 6.07) is 1.81. The third kappa shape index (κ3) is 4.35. The van der Waals surface area contributed by atoms with E-state index in [1.54, 1.807) is 6.20 Å². The molecule has 1 atom stereocenters. The summed E-state index contributed by atoms with van der Waals surface area (Å²) in [6.45, 7) is 6.02. The van der Waals surface area contributed by atoms with E-state index in [0.29, 0.717) is 18.4 Å². The summed E-state index contributed by atoms with van der Waals surface area (Å²) in [5.41, 5.74) is 0. The highest BCUT2D eigenvalue weighted by Gasteiger charge is 2.16. The maximum absolute atomic E-state index is 5.55. The van der Waals surface area contributed by atoms with Crippen LogP contribution in [0.4, 0.5) is 5.95 Å². The second-order valence-electron chi connectivity index (χ2n) is 5.14. The summed E-state index contributed by atoms with van der Waals surface area (Å²) in [4.78, 5) is 10.9. The van der Waals surface area contributed by atoms with E-state index in [4.69, 9.17) is 4.74 Å². The monoisotopic (exact) mass is 264 g/mol. The molecule has 1 unspecified atom stereocenters. The lowest BCUT2D eigenvalue weighted by Gasteiger charge is -2.27. The Morgan fingerprint density at radius 1 is 1.53 bits per heavy atom. The fraction of sp³-hybridized carbons (Fsp3) is 0.714. The Hall–Kier alpha value is -1.36. The largest absolute Gasteiger partial charge is 0.478 e. The minimum atomic E-state index is 0.667. The van der Waals surface area contributed by atoms with Crippen molar-refractivity contribution in [1.29, 1.82) is 0 Å². The van der Waals surface area contributed by atoms with Gasteiger partial charge in [0.2, 0.25) is 11.8 Å². The van der Waals surface area contributed by atoms with Crippen LogP contribution in [0.5, 0.6) is 5.88 Å². The molecule has 19 heavy (non-hydrogen) atoms. The molecule has 0 aromatic carbocycles. The zero-order valence-electron chi connectivity index (χ0n) is 11.9. The highest BCUT2D eigenvalue weighted by molar-refractivity contribution is 5.30. The SMILES string of the molecule is CCCOc1ccnc(N(C)CC2CCCNC2)n1. The van der Waals surface area contributed by atoms with E-state index in [1.165, 1.54) is 12.8 Å². The van der Waals surface area contributed by atoms with Crippen LogP contribution in [0.15, 0.2) is 12.3 Å². The van der Waals surface area contributed by atoms with Gasteiger partial charge in [-0.15, -0.1) is 0 Å². The molecule has 0 saturated carbocycles.